The van der Waals surface area contributed by atoms with Gasteiger partial charge in [-0.05, 0) is 48.7 Å². The Bertz CT molecular complexity index is 546. The van der Waals surface area contributed by atoms with Crippen molar-refractivity contribution in [1.82, 2.24) is 9.97 Å². The molecule has 0 amide bonds. The molecule has 2 aromatic heterocycles. The number of rotatable bonds is 1. The van der Waals surface area contributed by atoms with E-state index in [4.69, 9.17) is 0 Å². The number of hydrogen-bond donors (Lipinski definition) is 2. The van der Waals surface area contributed by atoms with E-state index in [1.807, 2.05) is 50.8 Å². The van der Waals surface area contributed by atoms with Crippen LogP contribution in [0.5, 0.6) is 0 Å². The third kappa shape index (κ3) is 4.81. The molecule has 0 fully saturated rings. The zero-order valence-electron chi connectivity index (χ0n) is 12.8. The molecule has 3 aromatic rings. The highest BCUT2D eigenvalue weighted by molar-refractivity contribution is 5.66. The summed E-state index contributed by atoms with van der Waals surface area (Å²) in [5.74, 6) is 0. The number of hydrogen-bond acceptors (Lipinski definition) is 0. The lowest BCUT2D eigenvalue weighted by Gasteiger charge is -2.03. The molecule has 2 heterocycles. The molecule has 3 rings (SSSR count). The first-order valence-corrected chi connectivity index (χ1v) is 7.05. The molecule has 0 radical (unpaired) electrons. The minimum atomic E-state index is 1.26. The molecule has 2 N–H and O–H groups in total. The van der Waals surface area contributed by atoms with E-state index in [0.29, 0.717) is 0 Å². The van der Waals surface area contributed by atoms with E-state index >= 15 is 0 Å². The van der Waals surface area contributed by atoms with Gasteiger partial charge in [0, 0.05) is 24.8 Å². The summed E-state index contributed by atoms with van der Waals surface area (Å²) in [5.41, 5.74) is 5.22. The lowest BCUT2D eigenvalue weighted by molar-refractivity contribution is 1.38. The third-order valence-corrected chi connectivity index (χ3v) is 2.79. The van der Waals surface area contributed by atoms with Gasteiger partial charge < -0.3 is 9.97 Å². The summed E-state index contributed by atoms with van der Waals surface area (Å²) in [7, 11) is 0. The van der Waals surface area contributed by atoms with Gasteiger partial charge in [-0.15, -0.1) is 0 Å². The first-order chi connectivity index (χ1) is 9.77. The van der Waals surface area contributed by atoms with Crippen molar-refractivity contribution in [2.75, 3.05) is 0 Å². The van der Waals surface area contributed by atoms with Gasteiger partial charge in [-0.3, -0.25) is 0 Å². The fraction of sp³-hybridized carbons (Fsp3) is 0.222. The molecular formula is C18H24N2. The molecule has 0 aliphatic heterocycles. The highest BCUT2D eigenvalue weighted by Gasteiger charge is 2.00. The van der Waals surface area contributed by atoms with E-state index < -0.39 is 0 Å². The van der Waals surface area contributed by atoms with Crippen LogP contribution in [-0.4, -0.2) is 9.97 Å². The van der Waals surface area contributed by atoms with E-state index in [1.54, 1.807) is 0 Å². The van der Waals surface area contributed by atoms with Crippen LogP contribution in [0.25, 0.3) is 11.1 Å². The molecule has 20 heavy (non-hydrogen) atoms. The van der Waals surface area contributed by atoms with Gasteiger partial charge in [0.15, 0.2) is 0 Å². The number of H-pyrrole nitrogens is 2. The highest BCUT2D eigenvalue weighted by Crippen LogP contribution is 2.23. The summed E-state index contributed by atoms with van der Waals surface area (Å²) in [4.78, 5) is 5.93. The van der Waals surface area contributed by atoms with Crippen LogP contribution in [0.2, 0.25) is 0 Å². The monoisotopic (exact) mass is 268 g/mol. The summed E-state index contributed by atoms with van der Waals surface area (Å²) in [6, 6.07) is 12.5. The molecule has 2 heteroatoms. The SMILES string of the molecule is CC.Cc1ccc(-c2cc[nH]c2)c(C)c1.c1cc[nH]c1. The molecule has 106 valence electrons. The van der Waals surface area contributed by atoms with Crippen molar-refractivity contribution in [3.63, 3.8) is 0 Å². The summed E-state index contributed by atoms with van der Waals surface area (Å²) in [6.45, 7) is 8.27. The van der Waals surface area contributed by atoms with Crippen molar-refractivity contribution in [2.45, 2.75) is 27.7 Å². The van der Waals surface area contributed by atoms with Crippen LogP contribution in [0.15, 0.2) is 61.2 Å². The van der Waals surface area contributed by atoms with Gasteiger partial charge in [-0.25, -0.2) is 0 Å². The molecule has 1 aromatic carbocycles. The number of nitrogens with one attached hydrogen (secondary N) is 2. The van der Waals surface area contributed by atoms with Crippen LogP contribution in [0.3, 0.4) is 0 Å². The topological polar surface area (TPSA) is 31.6 Å². The smallest absolute Gasteiger partial charge is 0.00842 e. The lowest BCUT2D eigenvalue weighted by atomic mass is 10.0. The van der Waals surface area contributed by atoms with Crippen molar-refractivity contribution in [3.8, 4) is 11.1 Å². The second-order valence-corrected chi connectivity index (χ2v) is 4.30. The lowest BCUT2D eigenvalue weighted by Crippen LogP contribution is -1.82. The molecule has 2 nitrogen and oxygen atoms in total. The second kappa shape index (κ2) is 8.81. The standard InChI is InChI=1S/C12H13N.C4H5N.C2H6/c1-9-3-4-12(10(2)7-9)11-5-6-13-8-11;1-2-4-5-3-1;1-2/h3-8,13H,1-2H3;1-5H;1-2H3. The first-order valence-electron chi connectivity index (χ1n) is 7.05. The zero-order chi connectivity index (χ0) is 14.8. The van der Waals surface area contributed by atoms with Crippen molar-refractivity contribution in [3.05, 3.63) is 72.3 Å². The Labute approximate surface area is 121 Å². The molecule has 0 aliphatic rings. The molecule has 0 atom stereocenters. The second-order valence-electron chi connectivity index (χ2n) is 4.30. The van der Waals surface area contributed by atoms with Crippen molar-refractivity contribution in [1.29, 1.82) is 0 Å². The minimum Gasteiger partial charge on any atom is -0.368 e. The maximum absolute atomic E-state index is 3.07. The average Bonchev–Trinajstić information content (AvgIpc) is 3.17. The number of aromatic nitrogens is 2. The first kappa shape index (κ1) is 15.8. The maximum Gasteiger partial charge on any atom is 0.00842 e. The van der Waals surface area contributed by atoms with Crippen LogP contribution >= 0.6 is 0 Å². The molecule has 0 aliphatic carbocycles. The molecule has 0 unspecified atom stereocenters. The Balaban J connectivity index is 0.000000239. The quantitative estimate of drug-likeness (QED) is 0.597. The summed E-state index contributed by atoms with van der Waals surface area (Å²) in [6.07, 6.45) is 7.73. The predicted molar refractivity (Wildman–Crippen MR) is 87.8 cm³/mol. The van der Waals surface area contributed by atoms with E-state index in [0.717, 1.165) is 0 Å². The maximum atomic E-state index is 3.07. The van der Waals surface area contributed by atoms with Gasteiger partial charge in [0.2, 0.25) is 0 Å². The van der Waals surface area contributed by atoms with Gasteiger partial charge in [0.05, 0.1) is 0 Å². The average molecular weight is 268 g/mol. The van der Waals surface area contributed by atoms with Crippen molar-refractivity contribution in [2.24, 2.45) is 0 Å². The van der Waals surface area contributed by atoms with Gasteiger partial charge in [0.25, 0.3) is 0 Å². The Morgan fingerprint density at radius 1 is 0.800 bits per heavy atom. The zero-order valence-corrected chi connectivity index (χ0v) is 12.8. The molecular weight excluding hydrogens is 244 g/mol. The normalized spacial score (nSPS) is 9.00. The van der Waals surface area contributed by atoms with Gasteiger partial charge in [0.1, 0.15) is 0 Å². The van der Waals surface area contributed by atoms with E-state index in [2.05, 4.69) is 48.1 Å². The largest absolute Gasteiger partial charge is 0.368 e. The van der Waals surface area contributed by atoms with Gasteiger partial charge in [-0.2, -0.15) is 0 Å². The number of aryl methyl sites for hydroxylation is 2. The number of benzene rings is 1. The van der Waals surface area contributed by atoms with Crippen LogP contribution in [0.4, 0.5) is 0 Å². The molecule has 0 saturated heterocycles. The Hall–Kier alpha value is -2.22. The van der Waals surface area contributed by atoms with Crippen molar-refractivity contribution < 1.29 is 0 Å². The Kier molecular flexibility index (Phi) is 6.97. The molecule has 0 spiro atoms. The molecule has 0 saturated carbocycles. The van der Waals surface area contributed by atoms with Crippen molar-refractivity contribution >= 4 is 0 Å². The highest BCUT2D eigenvalue weighted by atomic mass is 14.6. The third-order valence-electron chi connectivity index (χ3n) is 2.79. The van der Waals surface area contributed by atoms with Crippen LogP contribution in [0.1, 0.15) is 25.0 Å². The molecule has 0 bridgehead atoms. The fourth-order valence-corrected chi connectivity index (χ4v) is 1.91. The summed E-state index contributed by atoms with van der Waals surface area (Å²) >= 11 is 0. The fourth-order valence-electron chi connectivity index (χ4n) is 1.91. The van der Waals surface area contributed by atoms with E-state index in [-0.39, 0.29) is 0 Å². The van der Waals surface area contributed by atoms with Crippen LogP contribution in [0, 0.1) is 13.8 Å². The van der Waals surface area contributed by atoms with Gasteiger partial charge >= 0.3 is 0 Å². The van der Waals surface area contributed by atoms with E-state index in [9.17, 15) is 0 Å². The van der Waals surface area contributed by atoms with Gasteiger partial charge in [-0.1, -0.05) is 37.6 Å². The number of aromatic amines is 2. The van der Waals surface area contributed by atoms with Crippen LogP contribution in [-0.2, 0) is 0 Å². The van der Waals surface area contributed by atoms with E-state index in [1.165, 1.54) is 22.3 Å². The van der Waals surface area contributed by atoms with Crippen LogP contribution < -0.4 is 0 Å². The predicted octanol–water partition coefficient (Wildman–Crippen LogP) is 5.34. The summed E-state index contributed by atoms with van der Waals surface area (Å²) in [5, 5.41) is 0. The Morgan fingerprint density at radius 2 is 1.50 bits per heavy atom. The minimum absolute atomic E-state index is 1.26. The summed E-state index contributed by atoms with van der Waals surface area (Å²) < 4.78 is 0. The Morgan fingerprint density at radius 3 is 1.95 bits per heavy atom.